The molecule has 1 aliphatic heterocycles. The van der Waals surface area contributed by atoms with Crippen LogP contribution in [0.25, 0.3) is 16.9 Å². The van der Waals surface area contributed by atoms with Crippen LogP contribution in [0.5, 0.6) is 0 Å². The molecule has 3 heterocycles. The maximum absolute atomic E-state index is 13.3. The lowest BCUT2D eigenvalue weighted by molar-refractivity contribution is -0.141. The third-order valence-electron chi connectivity index (χ3n) is 5.07. The first kappa shape index (κ1) is 20.7. The molecule has 30 heavy (non-hydrogen) atoms. The van der Waals surface area contributed by atoms with Gasteiger partial charge in [0.25, 0.3) is 0 Å². The number of imidazole rings is 1. The summed E-state index contributed by atoms with van der Waals surface area (Å²) in [5, 5.41) is 2.64. The first-order valence-electron chi connectivity index (χ1n) is 9.35. The van der Waals surface area contributed by atoms with Gasteiger partial charge in [0.05, 0.1) is 11.4 Å². The molecule has 0 spiro atoms. The molecular weight excluding hydrogens is 417 g/mol. The fourth-order valence-corrected chi connectivity index (χ4v) is 4.20. The van der Waals surface area contributed by atoms with Gasteiger partial charge in [-0.25, -0.2) is 9.97 Å². The van der Waals surface area contributed by atoms with E-state index >= 15 is 0 Å². The summed E-state index contributed by atoms with van der Waals surface area (Å²) in [4.78, 5) is 20.2. The van der Waals surface area contributed by atoms with Crippen molar-refractivity contribution < 1.29 is 22.7 Å². The lowest BCUT2D eigenvalue weighted by atomic mass is 9.99. The van der Waals surface area contributed by atoms with Crippen LogP contribution in [-0.2, 0) is 15.7 Å². The molecule has 1 aliphatic rings. The smallest absolute Gasteiger partial charge is 0.381 e. The number of anilines is 1. The molecule has 1 aromatic carbocycles. The Balaban J connectivity index is 1.94. The number of nitrogens with one attached hydrogen (secondary N) is 1. The van der Waals surface area contributed by atoms with Crippen molar-refractivity contribution in [2.24, 2.45) is 0 Å². The van der Waals surface area contributed by atoms with Crippen molar-refractivity contribution >= 4 is 35.0 Å². The van der Waals surface area contributed by atoms with Crippen LogP contribution in [0.3, 0.4) is 0 Å². The fourth-order valence-electron chi connectivity index (χ4n) is 3.62. The van der Waals surface area contributed by atoms with Crippen LogP contribution < -0.4 is 5.32 Å². The number of alkyl halides is 3. The van der Waals surface area contributed by atoms with Crippen LogP contribution >= 0.6 is 11.8 Å². The Morgan fingerprint density at radius 3 is 2.63 bits per heavy atom. The monoisotopic (exact) mass is 436 g/mol. The zero-order valence-corrected chi connectivity index (χ0v) is 16.9. The molecule has 0 saturated carbocycles. The molecule has 0 radical (unpaired) electrons. The average Bonchev–Trinajstić information content (AvgIpc) is 3.13. The minimum Gasteiger partial charge on any atom is -0.381 e. The van der Waals surface area contributed by atoms with Gasteiger partial charge in [-0.05, 0) is 49.4 Å². The van der Waals surface area contributed by atoms with E-state index in [9.17, 15) is 18.0 Å². The molecule has 0 unspecified atom stereocenters. The lowest BCUT2D eigenvalue weighted by Crippen LogP contribution is -2.18. The molecule has 2 aromatic heterocycles. The van der Waals surface area contributed by atoms with Crippen LogP contribution in [0.1, 0.15) is 30.3 Å². The molecule has 3 aromatic rings. The summed E-state index contributed by atoms with van der Waals surface area (Å²) in [7, 11) is 0. The number of nitrogens with zero attached hydrogens (tertiary/aromatic N) is 3. The number of fused-ring (bicyclic) bond motifs is 1. The second kappa shape index (κ2) is 8.27. The Kier molecular flexibility index (Phi) is 5.70. The summed E-state index contributed by atoms with van der Waals surface area (Å²) in [6.07, 6.45) is -0.637. The zero-order chi connectivity index (χ0) is 21.3. The summed E-state index contributed by atoms with van der Waals surface area (Å²) in [6, 6.07) is 7.61. The molecule has 158 valence electrons. The van der Waals surface area contributed by atoms with Gasteiger partial charge < -0.3 is 10.1 Å². The van der Waals surface area contributed by atoms with Crippen molar-refractivity contribution in [3.05, 3.63) is 41.9 Å². The van der Waals surface area contributed by atoms with Gasteiger partial charge in [0.15, 0.2) is 5.65 Å². The lowest BCUT2D eigenvalue weighted by Gasteiger charge is -2.23. The summed E-state index contributed by atoms with van der Waals surface area (Å²) in [5.74, 6) is 0.719. The number of thioether (sulfide) groups is 1. The number of carbonyl (C=O) groups excluding carboxylic acids is 1. The minimum atomic E-state index is -4.55. The number of hydrogen-bond acceptors (Lipinski definition) is 5. The minimum absolute atomic E-state index is 0.0489. The van der Waals surface area contributed by atoms with Gasteiger partial charge in [-0.3, -0.25) is 9.36 Å². The second-order valence-electron chi connectivity index (χ2n) is 6.88. The van der Waals surface area contributed by atoms with Crippen molar-refractivity contribution in [1.29, 1.82) is 0 Å². The van der Waals surface area contributed by atoms with E-state index in [1.165, 1.54) is 17.8 Å². The van der Waals surface area contributed by atoms with Gasteiger partial charge in [-0.1, -0.05) is 0 Å². The van der Waals surface area contributed by atoms with Crippen molar-refractivity contribution in [1.82, 2.24) is 14.5 Å². The summed E-state index contributed by atoms with van der Waals surface area (Å²) in [5.41, 5.74) is 0.882. The van der Waals surface area contributed by atoms with Gasteiger partial charge >= 0.3 is 6.18 Å². The summed E-state index contributed by atoms with van der Waals surface area (Å²) < 4.78 is 47.1. The first-order chi connectivity index (χ1) is 14.4. The predicted octanol–water partition coefficient (Wildman–Crippen LogP) is 4.62. The Morgan fingerprint density at radius 1 is 1.20 bits per heavy atom. The molecular formula is C20H19F3N4O2S. The van der Waals surface area contributed by atoms with Gasteiger partial charge in [-0.15, -0.1) is 11.8 Å². The van der Waals surface area contributed by atoms with Crippen LogP contribution in [0.2, 0.25) is 0 Å². The quantitative estimate of drug-likeness (QED) is 0.467. The van der Waals surface area contributed by atoms with E-state index in [-0.39, 0.29) is 11.6 Å². The standard InChI is InChI=1S/C20H19F3N4O2S/c1-30-16-10-13(2-3-14(16)24-11-28)27-18(12-6-8-29-9-7-12)25-15-4-5-17(20(21,22)23)26-19(15)27/h2-5,10-12H,6-9H2,1H3,(H,24,28). The Hall–Kier alpha value is -2.59. The number of ether oxygens (including phenoxy) is 1. The second-order valence-corrected chi connectivity index (χ2v) is 7.72. The number of pyridine rings is 1. The predicted molar refractivity (Wildman–Crippen MR) is 108 cm³/mol. The molecule has 1 fully saturated rings. The van der Waals surface area contributed by atoms with Gasteiger partial charge in [0.2, 0.25) is 6.41 Å². The normalized spacial score (nSPS) is 15.5. The summed E-state index contributed by atoms with van der Waals surface area (Å²) >= 11 is 1.43. The third-order valence-corrected chi connectivity index (χ3v) is 5.84. The molecule has 4 rings (SSSR count). The topological polar surface area (TPSA) is 69.0 Å². The van der Waals surface area contributed by atoms with Crippen LogP contribution in [0.15, 0.2) is 35.2 Å². The number of benzene rings is 1. The number of hydrogen-bond donors (Lipinski definition) is 1. The SMILES string of the molecule is CSc1cc(-n2c(C3CCOCC3)nc3ccc(C(F)(F)F)nc32)ccc1NC=O. The van der Waals surface area contributed by atoms with Crippen molar-refractivity contribution in [3.63, 3.8) is 0 Å². The molecule has 0 atom stereocenters. The maximum atomic E-state index is 13.3. The van der Waals surface area contributed by atoms with E-state index in [1.807, 2.05) is 12.3 Å². The third kappa shape index (κ3) is 3.89. The van der Waals surface area contributed by atoms with Crippen molar-refractivity contribution in [2.75, 3.05) is 24.8 Å². The van der Waals surface area contributed by atoms with E-state index < -0.39 is 11.9 Å². The Labute approximate surface area is 174 Å². The molecule has 1 N–H and O–H groups in total. The van der Waals surface area contributed by atoms with E-state index in [1.54, 1.807) is 16.7 Å². The van der Waals surface area contributed by atoms with Crippen LogP contribution in [0.4, 0.5) is 18.9 Å². The van der Waals surface area contributed by atoms with Crippen molar-refractivity contribution in [3.8, 4) is 5.69 Å². The van der Waals surface area contributed by atoms with Crippen LogP contribution in [-0.4, -0.2) is 40.4 Å². The Bertz CT molecular complexity index is 1080. The molecule has 1 amide bonds. The van der Waals surface area contributed by atoms with Crippen LogP contribution in [0, 0.1) is 0 Å². The van der Waals surface area contributed by atoms with Gasteiger partial charge in [0, 0.05) is 24.0 Å². The highest BCUT2D eigenvalue weighted by Crippen LogP contribution is 2.35. The highest BCUT2D eigenvalue weighted by molar-refractivity contribution is 7.98. The van der Waals surface area contributed by atoms with E-state index in [4.69, 9.17) is 4.74 Å². The molecule has 6 nitrogen and oxygen atoms in total. The zero-order valence-electron chi connectivity index (χ0n) is 16.1. The molecule has 1 saturated heterocycles. The number of rotatable bonds is 5. The van der Waals surface area contributed by atoms with Crippen molar-refractivity contribution in [2.45, 2.75) is 29.8 Å². The fraction of sp³-hybridized carbons (Fsp3) is 0.350. The maximum Gasteiger partial charge on any atom is 0.433 e. The number of aromatic nitrogens is 3. The molecule has 10 heteroatoms. The highest BCUT2D eigenvalue weighted by Gasteiger charge is 2.34. The molecule has 0 bridgehead atoms. The number of amides is 1. The van der Waals surface area contributed by atoms with Gasteiger partial charge in [-0.2, -0.15) is 13.2 Å². The van der Waals surface area contributed by atoms with Gasteiger partial charge in [0.1, 0.15) is 17.0 Å². The number of carbonyl (C=O) groups is 1. The number of halogens is 3. The first-order valence-corrected chi connectivity index (χ1v) is 10.6. The largest absolute Gasteiger partial charge is 0.433 e. The average molecular weight is 436 g/mol. The molecule has 0 aliphatic carbocycles. The Morgan fingerprint density at radius 2 is 1.97 bits per heavy atom. The van der Waals surface area contributed by atoms with E-state index in [2.05, 4.69) is 15.3 Å². The summed E-state index contributed by atoms with van der Waals surface area (Å²) in [6.45, 7) is 1.15. The van der Waals surface area contributed by atoms with E-state index in [0.29, 0.717) is 42.3 Å². The highest BCUT2D eigenvalue weighted by atomic mass is 32.2. The van der Waals surface area contributed by atoms with E-state index in [0.717, 1.165) is 23.8 Å².